The fraction of sp³-hybridized carbons (Fsp3) is 0.385. The number of hydrogen-bond acceptors (Lipinski definition) is 3. The Kier molecular flexibility index (Phi) is 5.32. The lowest BCUT2D eigenvalue weighted by Gasteiger charge is -2.20. The van der Waals surface area contributed by atoms with Gasteiger partial charge in [0.15, 0.2) is 11.5 Å². The molecule has 1 atom stereocenters. The smallest absolute Gasteiger partial charge is 0.161 e. The van der Waals surface area contributed by atoms with Crippen molar-refractivity contribution in [3.8, 4) is 11.5 Å². The quantitative estimate of drug-likeness (QED) is 0.842. The molecule has 0 saturated heterocycles. The zero-order chi connectivity index (χ0) is 11.4. The first-order valence-electron chi connectivity index (χ1n) is 5.57. The monoisotopic (exact) mass is 255 g/mol. The largest absolute Gasteiger partial charge is 0.486 e. The highest BCUT2D eigenvalue weighted by Gasteiger charge is 2.14. The number of ether oxygens (including phenoxy) is 2. The molecule has 2 rings (SSSR count). The molecule has 0 aromatic heterocycles. The van der Waals surface area contributed by atoms with Gasteiger partial charge in [0.25, 0.3) is 0 Å². The molecular formula is C13H18ClNO2. The maximum Gasteiger partial charge on any atom is 0.161 e. The maximum atomic E-state index is 6.07. The number of halogens is 1. The number of benzene rings is 1. The van der Waals surface area contributed by atoms with E-state index in [4.69, 9.17) is 15.2 Å². The van der Waals surface area contributed by atoms with Crippen LogP contribution >= 0.6 is 12.4 Å². The third-order valence-electron chi connectivity index (χ3n) is 2.68. The molecule has 94 valence electrons. The minimum absolute atomic E-state index is 0. The Morgan fingerprint density at radius 3 is 2.71 bits per heavy atom. The zero-order valence-electron chi connectivity index (χ0n) is 9.72. The molecule has 0 spiro atoms. The minimum Gasteiger partial charge on any atom is -0.486 e. The number of rotatable bonds is 4. The Morgan fingerprint density at radius 2 is 2.00 bits per heavy atom. The second kappa shape index (κ2) is 6.52. The van der Waals surface area contributed by atoms with Gasteiger partial charge in [0, 0.05) is 6.04 Å². The summed E-state index contributed by atoms with van der Waals surface area (Å²) in [5, 5.41) is 0. The Hall–Kier alpha value is -1.19. The van der Waals surface area contributed by atoms with Crippen molar-refractivity contribution >= 4 is 12.4 Å². The lowest BCUT2D eigenvalue weighted by molar-refractivity contribution is 0.171. The molecule has 1 aromatic carbocycles. The van der Waals surface area contributed by atoms with Crippen molar-refractivity contribution in [3.63, 3.8) is 0 Å². The summed E-state index contributed by atoms with van der Waals surface area (Å²) in [5.41, 5.74) is 7.16. The van der Waals surface area contributed by atoms with E-state index < -0.39 is 0 Å². The first kappa shape index (κ1) is 13.9. The summed E-state index contributed by atoms with van der Waals surface area (Å²) in [6, 6.07) is 5.94. The second-order valence-electron chi connectivity index (χ2n) is 3.88. The predicted octanol–water partition coefficient (Wildman–Crippen LogP) is 2.85. The highest BCUT2D eigenvalue weighted by Crippen LogP contribution is 2.32. The molecule has 1 aliphatic heterocycles. The van der Waals surface area contributed by atoms with Crippen LogP contribution in [-0.2, 0) is 0 Å². The van der Waals surface area contributed by atoms with Gasteiger partial charge in [-0.15, -0.1) is 19.0 Å². The molecule has 0 radical (unpaired) electrons. The van der Waals surface area contributed by atoms with Crippen LogP contribution < -0.4 is 15.2 Å². The standard InChI is InChI=1S/C13H17NO2.ClH/c1-2-3-4-11(14)10-5-6-12-13(9-10)16-8-7-15-12;/h2,5-6,9,11H,1,3-4,7-8,14H2;1H/t11-;/m1./s1. The van der Waals surface area contributed by atoms with E-state index in [1.165, 1.54) is 0 Å². The van der Waals surface area contributed by atoms with Crippen LogP contribution in [0.2, 0.25) is 0 Å². The summed E-state index contributed by atoms with van der Waals surface area (Å²) in [6.07, 6.45) is 3.72. The van der Waals surface area contributed by atoms with Gasteiger partial charge in [0.1, 0.15) is 13.2 Å². The molecular weight excluding hydrogens is 238 g/mol. The molecule has 1 aromatic rings. The molecule has 1 aliphatic rings. The van der Waals surface area contributed by atoms with Crippen LogP contribution in [0.25, 0.3) is 0 Å². The minimum atomic E-state index is 0. The summed E-state index contributed by atoms with van der Waals surface area (Å²) in [7, 11) is 0. The van der Waals surface area contributed by atoms with Gasteiger partial charge < -0.3 is 15.2 Å². The first-order valence-corrected chi connectivity index (χ1v) is 5.57. The van der Waals surface area contributed by atoms with Crippen LogP contribution in [0.4, 0.5) is 0 Å². The van der Waals surface area contributed by atoms with Gasteiger partial charge in [-0.05, 0) is 30.5 Å². The number of fused-ring (bicyclic) bond motifs is 1. The lowest BCUT2D eigenvalue weighted by atomic mass is 10.0. The summed E-state index contributed by atoms with van der Waals surface area (Å²) >= 11 is 0. The summed E-state index contributed by atoms with van der Waals surface area (Å²) in [5.74, 6) is 1.61. The van der Waals surface area contributed by atoms with Gasteiger partial charge in [-0.25, -0.2) is 0 Å². The first-order chi connectivity index (χ1) is 7.81. The fourth-order valence-electron chi connectivity index (χ4n) is 1.75. The second-order valence-corrected chi connectivity index (χ2v) is 3.88. The van der Waals surface area contributed by atoms with Crippen molar-refractivity contribution < 1.29 is 9.47 Å². The van der Waals surface area contributed by atoms with Crippen molar-refractivity contribution in [2.24, 2.45) is 5.73 Å². The number of nitrogens with two attached hydrogens (primary N) is 1. The number of allylic oxidation sites excluding steroid dienone is 1. The summed E-state index contributed by atoms with van der Waals surface area (Å²) < 4.78 is 11.0. The molecule has 0 unspecified atom stereocenters. The molecule has 17 heavy (non-hydrogen) atoms. The van der Waals surface area contributed by atoms with Gasteiger partial charge in [-0.2, -0.15) is 0 Å². The number of hydrogen-bond donors (Lipinski definition) is 1. The highest BCUT2D eigenvalue weighted by atomic mass is 35.5. The summed E-state index contributed by atoms with van der Waals surface area (Å²) in [6.45, 7) is 4.93. The predicted molar refractivity (Wildman–Crippen MR) is 71.0 cm³/mol. The molecule has 3 nitrogen and oxygen atoms in total. The molecule has 0 bridgehead atoms. The van der Waals surface area contributed by atoms with E-state index in [2.05, 4.69) is 6.58 Å². The third-order valence-corrected chi connectivity index (χ3v) is 2.68. The Bertz CT molecular complexity index is 382. The van der Waals surface area contributed by atoms with E-state index in [-0.39, 0.29) is 18.4 Å². The molecule has 1 heterocycles. The zero-order valence-corrected chi connectivity index (χ0v) is 10.5. The van der Waals surface area contributed by atoms with Gasteiger partial charge in [0.2, 0.25) is 0 Å². The third kappa shape index (κ3) is 3.38. The van der Waals surface area contributed by atoms with Gasteiger partial charge in [-0.3, -0.25) is 0 Å². The van der Waals surface area contributed by atoms with Crippen molar-refractivity contribution in [1.82, 2.24) is 0 Å². The van der Waals surface area contributed by atoms with Crippen LogP contribution in [0, 0.1) is 0 Å². The van der Waals surface area contributed by atoms with Crippen molar-refractivity contribution in [1.29, 1.82) is 0 Å². The van der Waals surface area contributed by atoms with Crippen LogP contribution in [0.5, 0.6) is 11.5 Å². The molecule has 0 saturated carbocycles. The average molecular weight is 256 g/mol. The SMILES string of the molecule is C=CCC[C@@H](N)c1ccc2c(c1)OCCO2.Cl. The van der Waals surface area contributed by atoms with E-state index in [9.17, 15) is 0 Å². The van der Waals surface area contributed by atoms with E-state index >= 15 is 0 Å². The Labute approximate surface area is 108 Å². The van der Waals surface area contributed by atoms with E-state index in [0.29, 0.717) is 13.2 Å². The Balaban J connectivity index is 0.00000144. The van der Waals surface area contributed by atoms with Crippen LogP contribution in [0.1, 0.15) is 24.4 Å². The molecule has 0 amide bonds. The van der Waals surface area contributed by atoms with Gasteiger partial charge in [-0.1, -0.05) is 12.1 Å². The normalized spacial score (nSPS) is 14.6. The lowest BCUT2D eigenvalue weighted by Crippen LogP contribution is -2.16. The summed E-state index contributed by atoms with van der Waals surface area (Å²) in [4.78, 5) is 0. The van der Waals surface area contributed by atoms with E-state index in [0.717, 1.165) is 29.9 Å². The molecule has 0 aliphatic carbocycles. The molecule has 4 heteroatoms. The fourth-order valence-corrected chi connectivity index (χ4v) is 1.75. The van der Waals surface area contributed by atoms with Crippen molar-refractivity contribution in [2.45, 2.75) is 18.9 Å². The Morgan fingerprint density at radius 1 is 1.29 bits per heavy atom. The topological polar surface area (TPSA) is 44.5 Å². The molecule has 0 fully saturated rings. The van der Waals surface area contributed by atoms with Crippen molar-refractivity contribution in [3.05, 3.63) is 36.4 Å². The van der Waals surface area contributed by atoms with Crippen LogP contribution in [0.15, 0.2) is 30.9 Å². The maximum absolute atomic E-state index is 6.07. The van der Waals surface area contributed by atoms with E-state index in [1.807, 2.05) is 24.3 Å². The average Bonchev–Trinajstić information content (AvgIpc) is 2.35. The van der Waals surface area contributed by atoms with Gasteiger partial charge in [0.05, 0.1) is 0 Å². The van der Waals surface area contributed by atoms with Crippen LogP contribution in [-0.4, -0.2) is 13.2 Å². The van der Waals surface area contributed by atoms with Crippen LogP contribution in [0.3, 0.4) is 0 Å². The molecule has 2 N–H and O–H groups in total. The highest BCUT2D eigenvalue weighted by molar-refractivity contribution is 5.85. The van der Waals surface area contributed by atoms with E-state index in [1.54, 1.807) is 0 Å². The van der Waals surface area contributed by atoms with Gasteiger partial charge >= 0.3 is 0 Å². The van der Waals surface area contributed by atoms with Crippen molar-refractivity contribution in [2.75, 3.05) is 13.2 Å².